The monoisotopic (exact) mass is 285 g/mol. The molecule has 1 aromatic carbocycles. The van der Waals surface area contributed by atoms with Crippen LogP contribution in [0.5, 0.6) is 0 Å². The first-order valence-electron chi connectivity index (χ1n) is 6.98. The van der Waals surface area contributed by atoms with Gasteiger partial charge in [-0.1, -0.05) is 26.7 Å². The van der Waals surface area contributed by atoms with Crippen LogP contribution in [0.3, 0.4) is 0 Å². The third kappa shape index (κ3) is 4.18. The van der Waals surface area contributed by atoms with Crippen molar-refractivity contribution in [2.24, 2.45) is 0 Å². The first-order valence-corrected chi connectivity index (χ1v) is 6.98. The Balaban J connectivity index is 3.08. The number of carboxylic acid groups (broad SMARTS) is 1. The number of anilines is 1. The molecular weight excluding hydrogens is 264 g/mol. The van der Waals surface area contributed by atoms with Gasteiger partial charge >= 0.3 is 5.97 Å². The van der Waals surface area contributed by atoms with Crippen molar-refractivity contribution in [1.29, 1.82) is 0 Å². The smallest absolute Gasteiger partial charge is 0.335 e. The zero-order valence-electron chi connectivity index (χ0n) is 12.0. The molecule has 0 bridgehead atoms. The molecule has 0 heterocycles. The molecule has 112 valence electrons. The van der Waals surface area contributed by atoms with E-state index in [1.807, 2.05) is 13.8 Å². The van der Waals surface area contributed by atoms with Crippen LogP contribution in [-0.2, 0) is 0 Å². The Hall–Kier alpha value is -1.65. The predicted octanol–water partition coefficient (Wildman–Crippen LogP) is 4.07. The number of carboxylic acids is 1. The van der Waals surface area contributed by atoms with Gasteiger partial charge < -0.3 is 10.0 Å². The summed E-state index contributed by atoms with van der Waals surface area (Å²) in [5.41, 5.74) is -0.480. The maximum atomic E-state index is 14.0. The molecule has 0 amide bonds. The zero-order chi connectivity index (χ0) is 15.1. The average molecular weight is 285 g/mol. The fourth-order valence-corrected chi connectivity index (χ4v) is 2.02. The molecule has 0 atom stereocenters. The Labute approximate surface area is 118 Å². The van der Waals surface area contributed by atoms with Gasteiger partial charge in [-0.05, 0) is 25.0 Å². The fourth-order valence-electron chi connectivity index (χ4n) is 2.02. The van der Waals surface area contributed by atoms with Gasteiger partial charge in [0.05, 0.1) is 5.56 Å². The second-order valence-electron chi connectivity index (χ2n) is 4.79. The highest BCUT2D eigenvalue weighted by molar-refractivity contribution is 5.88. The lowest BCUT2D eigenvalue weighted by molar-refractivity contribution is 0.0695. The average Bonchev–Trinajstić information content (AvgIpc) is 2.40. The quantitative estimate of drug-likeness (QED) is 0.782. The lowest BCUT2D eigenvalue weighted by atomic mass is 10.1. The molecular formula is C15H21F2NO2. The highest BCUT2D eigenvalue weighted by atomic mass is 19.1. The lowest BCUT2D eigenvalue weighted by Crippen LogP contribution is -2.27. The SMILES string of the molecule is CCCCN(CCCC)c1c(F)cc(C(=O)O)cc1F. The largest absolute Gasteiger partial charge is 0.478 e. The summed E-state index contributed by atoms with van der Waals surface area (Å²) in [7, 11) is 0. The Morgan fingerprint density at radius 3 is 1.90 bits per heavy atom. The van der Waals surface area contributed by atoms with Gasteiger partial charge in [0, 0.05) is 13.1 Å². The summed E-state index contributed by atoms with van der Waals surface area (Å²) in [5.74, 6) is -2.95. The Kier molecular flexibility index (Phi) is 6.42. The summed E-state index contributed by atoms with van der Waals surface area (Å²) in [4.78, 5) is 12.5. The molecule has 1 N–H and O–H groups in total. The van der Waals surface area contributed by atoms with Gasteiger partial charge in [0.25, 0.3) is 0 Å². The molecule has 5 heteroatoms. The number of benzene rings is 1. The summed E-state index contributed by atoms with van der Waals surface area (Å²) in [6.45, 7) is 5.16. The predicted molar refractivity (Wildman–Crippen MR) is 75.3 cm³/mol. The first-order chi connectivity index (χ1) is 9.51. The van der Waals surface area contributed by atoms with E-state index in [1.165, 1.54) is 0 Å². The number of carbonyl (C=O) groups is 1. The van der Waals surface area contributed by atoms with E-state index in [1.54, 1.807) is 4.90 Å². The van der Waals surface area contributed by atoms with E-state index in [-0.39, 0.29) is 11.3 Å². The topological polar surface area (TPSA) is 40.5 Å². The second kappa shape index (κ2) is 7.82. The minimum absolute atomic E-state index is 0.114. The number of nitrogens with zero attached hydrogens (tertiary/aromatic N) is 1. The molecule has 20 heavy (non-hydrogen) atoms. The van der Waals surface area contributed by atoms with Crippen LogP contribution in [0.15, 0.2) is 12.1 Å². The number of rotatable bonds is 8. The maximum Gasteiger partial charge on any atom is 0.335 e. The number of halogens is 2. The molecule has 0 saturated carbocycles. The van der Waals surface area contributed by atoms with Gasteiger partial charge in [-0.2, -0.15) is 0 Å². The van der Waals surface area contributed by atoms with Crippen LogP contribution in [-0.4, -0.2) is 24.2 Å². The molecule has 3 nitrogen and oxygen atoms in total. The summed E-state index contributed by atoms with van der Waals surface area (Å²) in [5, 5.41) is 8.80. The highest BCUT2D eigenvalue weighted by Crippen LogP contribution is 2.26. The number of hydrogen-bond acceptors (Lipinski definition) is 2. The molecule has 0 aliphatic heterocycles. The first kappa shape index (κ1) is 16.4. The van der Waals surface area contributed by atoms with Crippen molar-refractivity contribution >= 4 is 11.7 Å². The van der Waals surface area contributed by atoms with E-state index in [0.717, 1.165) is 37.8 Å². The standard InChI is InChI=1S/C15H21F2NO2/c1-3-5-7-18(8-6-4-2)14-12(16)9-11(15(19)20)10-13(14)17/h9-10H,3-8H2,1-2H3,(H,19,20). The van der Waals surface area contributed by atoms with Crippen LogP contribution >= 0.6 is 0 Å². The summed E-state index contributed by atoms with van der Waals surface area (Å²) in [6, 6.07) is 1.76. The minimum atomic E-state index is -1.33. The number of aromatic carboxylic acids is 1. The second-order valence-corrected chi connectivity index (χ2v) is 4.79. The van der Waals surface area contributed by atoms with Crippen LogP contribution in [0.25, 0.3) is 0 Å². The number of unbranched alkanes of at least 4 members (excludes halogenated alkanes) is 2. The highest BCUT2D eigenvalue weighted by Gasteiger charge is 2.19. The molecule has 0 aliphatic carbocycles. The van der Waals surface area contributed by atoms with Crippen LogP contribution < -0.4 is 4.90 Å². The van der Waals surface area contributed by atoms with Gasteiger partial charge in [0.1, 0.15) is 17.3 Å². The molecule has 0 spiro atoms. The fraction of sp³-hybridized carbons (Fsp3) is 0.533. The van der Waals surface area contributed by atoms with Gasteiger partial charge in [0.15, 0.2) is 0 Å². The van der Waals surface area contributed by atoms with E-state index >= 15 is 0 Å². The van der Waals surface area contributed by atoms with Gasteiger partial charge in [-0.25, -0.2) is 13.6 Å². The van der Waals surface area contributed by atoms with Gasteiger partial charge in [-0.3, -0.25) is 0 Å². The molecule has 0 unspecified atom stereocenters. The molecule has 0 saturated heterocycles. The summed E-state index contributed by atoms with van der Waals surface area (Å²) in [6.07, 6.45) is 3.53. The normalized spacial score (nSPS) is 10.6. The summed E-state index contributed by atoms with van der Waals surface area (Å²) < 4.78 is 28.1. The molecule has 1 rings (SSSR count). The molecule has 0 fully saturated rings. The van der Waals surface area contributed by atoms with Crippen molar-refractivity contribution in [2.75, 3.05) is 18.0 Å². The van der Waals surface area contributed by atoms with E-state index in [4.69, 9.17) is 5.11 Å². The molecule has 0 aliphatic rings. The lowest BCUT2D eigenvalue weighted by Gasteiger charge is -2.25. The van der Waals surface area contributed by atoms with Crippen LogP contribution in [0, 0.1) is 11.6 Å². The van der Waals surface area contributed by atoms with E-state index in [2.05, 4.69) is 0 Å². The Bertz CT molecular complexity index is 432. The van der Waals surface area contributed by atoms with E-state index in [0.29, 0.717) is 13.1 Å². The van der Waals surface area contributed by atoms with Gasteiger partial charge in [0.2, 0.25) is 0 Å². The van der Waals surface area contributed by atoms with E-state index in [9.17, 15) is 13.6 Å². The molecule has 1 aromatic rings. The van der Waals surface area contributed by atoms with Crippen molar-refractivity contribution < 1.29 is 18.7 Å². The van der Waals surface area contributed by atoms with Crippen LogP contribution in [0.1, 0.15) is 49.9 Å². The van der Waals surface area contributed by atoms with Gasteiger partial charge in [-0.15, -0.1) is 0 Å². The van der Waals surface area contributed by atoms with Crippen molar-refractivity contribution in [3.63, 3.8) is 0 Å². The Morgan fingerprint density at radius 1 is 1.10 bits per heavy atom. The molecule has 0 radical (unpaired) electrons. The molecule has 0 aromatic heterocycles. The summed E-state index contributed by atoms with van der Waals surface area (Å²) >= 11 is 0. The third-order valence-electron chi connectivity index (χ3n) is 3.14. The zero-order valence-corrected chi connectivity index (χ0v) is 12.0. The third-order valence-corrected chi connectivity index (χ3v) is 3.14. The number of hydrogen-bond donors (Lipinski definition) is 1. The maximum absolute atomic E-state index is 14.0. The van der Waals surface area contributed by atoms with Crippen LogP contribution in [0.4, 0.5) is 14.5 Å². The van der Waals surface area contributed by atoms with Crippen molar-refractivity contribution in [2.45, 2.75) is 39.5 Å². The minimum Gasteiger partial charge on any atom is -0.478 e. The van der Waals surface area contributed by atoms with E-state index < -0.39 is 17.6 Å². The van der Waals surface area contributed by atoms with Crippen molar-refractivity contribution in [3.8, 4) is 0 Å². The van der Waals surface area contributed by atoms with Crippen molar-refractivity contribution in [1.82, 2.24) is 0 Å². The van der Waals surface area contributed by atoms with Crippen LogP contribution in [0.2, 0.25) is 0 Å². The van der Waals surface area contributed by atoms with Crippen molar-refractivity contribution in [3.05, 3.63) is 29.3 Å². The Morgan fingerprint density at radius 2 is 1.55 bits per heavy atom.